The Labute approximate surface area is 97.9 Å². The third-order valence-corrected chi connectivity index (χ3v) is 5.78. The lowest BCUT2D eigenvalue weighted by atomic mass is 10.2. The number of hydrogen-bond donors (Lipinski definition) is 1. The number of primary amides is 1. The standard InChI is InChI=1S/C10H21NO4Si/c1-6-9(7-8(2)10(11)12)16(13-3,14-4)15-5/h7,9H,6H2,1-5H3,(H2,11,12)/b8-7+. The van der Waals surface area contributed by atoms with Gasteiger partial charge in [-0.2, -0.15) is 0 Å². The van der Waals surface area contributed by atoms with Crippen LogP contribution in [0.4, 0.5) is 0 Å². The van der Waals surface area contributed by atoms with Gasteiger partial charge in [-0.1, -0.05) is 13.0 Å². The molecule has 2 N–H and O–H groups in total. The van der Waals surface area contributed by atoms with Crippen LogP contribution in [-0.2, 0) is 18.1 Å². The average molecular weight is 247 g/mol. The molecule has 1 unspecified atom stereocenters. The molecule has 1 atom stereocenters. The lowest BCUT2D eigenvalue weighted by Crippen LogP contribution is -2.47. The highest BCUT2D eigenvalue weighted by Gasteiger charge is 2.45. The van der Waals surface area contributed by atoms with Crippen LogP contribution in [0.1, 0.15) is 20.3 Å². The minimum absolute atomic E-state index is 0.0694. The van der Waals surface area contributed by atoms with Crippen LogP contribution in [-0.4, -0.2) is 36.0 Å². The van der Waals surface area contributed by atoms with Crippen LogP contribution in [0.15, 0.2) is 11.6 Å². The maximum Gasteiger partial charge on any atom is 0.507 e. The van der Waals surface area contributed by atoms with Crippen molar-refractivity contribution in [1.82, 2.24) is 0 Å². The molecular weight excluding hydrogens is 226 g/mol. The zero-order valence-corrected chi connectivity index (χ0v) is 11.6. The van der Waals surface area contributed by atoms with Crippen LogP contribution in [0.3, 0.4) is 0 Å². The number of allylic oxidation sites excluding steroid dienone is 1. The van der Waals surface area contributed by atoms with E-state index in [9.17, 15) is 4.79 Å². The van der Waals surface area contributed by atoms with Crippen molar-refractivity contribution in [2.75, 3.05) is 21.3 Å². The van der Waals surface area contributed by atoms with Crippen molar-refractivity contribution in [1.29, 1.82) is 0 Å². The number of amides is 1. The molecule has 0 aliphatic rings. The van der Waals surface area contributed by atoms with Crippen LogP contribution >= 0.6 is 0 Å². The molecule has 16 heavy (non-hydrogen) atoms. The maximum absolute atomic E-state index is 11.0. The van der Waals surface area contributed by atoms with E-state index in [0.29, 0.717) is 5.57 Å². The Morgan fingerprint density at radius 1 is 1.31 bits per heavy atom. The lowest BCUT2D eigenvalue weighted by molar-refractivity contribution is -0.114. The first-order valence-corrected chi connectivity index (χ1v) is 6.91. The van der Waals surface area contributed by atoms with E-state index in [1.165, 1.54) is 0 Å². The zero-order chi connectivity index (χ0) is 12.8. The Bertz CT molecular complexity index is 255. The second-order valence-corrected chi connectivity index (χ2v) is 6.62. The highest BCUT2D eigenvalue weighted by atomic mass is 28.4. The number of hydrogen-bond acceptors (Lipinski definition) is 4. The monoisotopic (exact) mass is 247 g/mol. The largest absolute Gasteiger partial charge is 0.507 e. The van der Waals surface area contributed by atoms with E-state index in [1.807, 2.05) is 6.92 Å². The van der Waals surface area contributed by atoms with E-state index in [2.05, 4.69) is 0 Å². The molecule has 0 rings (SSSR count). The van der Waals surface area contributed by atoms with Gasteiger partial charge in [-0.15, -0.1) is 0 Å². The van der Waals surface area contributed by atoms with Gasteiger partial charge in [-0.25, -0.2) is 0 Å². The van der Waals surface area contributed by atoms with Crippen LogP contribution in [0, 0.1) is 0 Å². The van der Waals surface area contributed by atoms with Crippen LogP contribution in [0.25, 0.3) is 0 Å². The van der Waals surface area contributed by atoms with E-state index in [0.717, 1.165) is 6.42 Å². The first-order valence-electron chi connectivity index (χ1n) is 5.11. The van der Waals surface area contributed by atoms with Crippen molar-refractivity contribution in [3.8, 4) is 0 Å². The average Bonchev–Trinajstić information content (AvgIpc) is 2.29. The highest BCUT2D eigenvalue weighted by molar-refractivity contribution is 6.62. The molecule has 0 aromatic carbocycles. The number of nitrogens with two attached hydrogens (primary N) is 1. The smallest absolute Gasteiger partial charge is 0.376 e. The molecule has 1 amide bonds. The zero-order valence-electron chi connectivity index (χ0n) is 10.6. The summed E-state index contributed by atoms with van der Waals surface area (Å²) in [7, 11) is 1.91. The fraction of sp³-hybridized carbons (Fsp3) is 0.700. The maximum atomic E-state index is 11.0. The van der Waals surface area contributed by atoms with Crippen LogP contribution in [0.5, 0.6) is 0 Å². The third kappa shape index (κ3) is 3.41. The second kappa shape index (κ2) is 6.80. The predicted molar refractivity (Wildman–Crippen MR) is 63.8 cm³/mol. The number of carbonyl (C=O) groups is 1. The Morgan fingerprint density at radius 2 is 1.75 bits per heavy atom. The molecule has 0 aromatic rings. The minimum Gasteiger partial charge on any atom is -0.376 e. The summed E-state index contributed by atoms with van der Waals surface area (Å²) in [6.07, 6.45) is 2.53. The minimum atomic E-state index is -2.74. The fourth-order valence-electron chi connectivity index (χ4n) is 1.56. The van der Waals surface area contributed by atoms with E-state index in [1.54, 1.807) is 34.3 Å². The summed E-state index contributed by atoms with van der Waals surface area (Å²) in [5.74, 6) is -0.440. The normalized spacial score (nSPS) is 14.9. The van der Waals surface area contributed by atoms with Gasteiger partial charge in [0.25, 0.3) is 0 Å². The summed E-state index contributed by atoms with van der Waals surface area (Å²) in [6.45, 7) is 3.65. The van der Waals surface area contributed by atoms with Gasteiger partial charge in [0, 0.05) is 32.4 Å². The fourth-order valence-corrected chi connectivity index (χ4v) is 3.92. The number of rotatable bonds is 7. The molecule has 0 heterocycles. The molecule has 0 radical (unpaired) electrons. The Morgan fingerprint density at radius 3 is 2.00 bits per heavy atom. The van der Waals surface area contributed by atoms with E-state index < -0.39 is 14.7 Å². The van der Waals surface area contributed by atoms with Crippen molar-refractivity contribution < 1.29 is 18.1 Å². The summed E-state index contributed by atoms with van der Waals surface area (Å²) < 4.78 is 16.1. The van der Waals surface area contributed by atoms with Crippen molar-refractivity contribution in [3.63, 3.8) is 0 Å². The van der Waals surface area contributed by atoms with Crippen molar-refractivity contribution >= 4 is 14.7 Å². The molecule has 0 saturated carbocycles. The first-order chi connectivity index (χ1) is 7.47. The van der Waals surface area contributed by atoms with Gasteiger partial charge in [0.05, 0.1) is 0 Å². The van der Waals surface area contributed by atoms with Gasteiger partial charge in [0.2, 0.25) is 5.91 Å². The molecular formula is C10H21NO4Si. The van der Waals surface area contributed by atoms with E-state index >= 15 is 0 Å². The Hall–Kier alpha value is -0.693. The van der Waals surface area contributed by atoms with Gasteiger partial charge in [-0.3, -0.25) is 4.79 Å². The predicted octanol–water partition coefficient (Wildman–Crippen LogP) is 1.08. The first kappa shape index (κ1) is 15.3. The van der Waals surface area contributed by atoms with E-state index in [4.69, 9.17) is 19.0 Å². The molecule has 0 spiro atoms. The van der Waals surface area contributed by atoms with Gasteiger partial charge >= 0.3 is 8.80 Å². The molecule has 0 fully saturated rings. The molecule has 94 valence electrons. The summed E-state index contributed by atoms with van der Waals surface area (Å²) in [6, 6.07) is 0. The van der Waals surface area contributed by atoms with Gasteiger partial charge in [0.15, 0.2) is 0 Å². The molecule has 0 saturated heterocycles. The molecule has 0 aromatic heterocycles. The summed E-state index contributed by atoms with van der Waals surface area (Å²) >= 11 is 0. The molecule has 0 bridgehead atoms. The topological polar surface area (TPSA) is 70.8 Å². The quantitative estimate of drug-likeness (QED) is 0.540. The lowest BCUT2D eigenvalue weighted by Gasteiger charge is -2.30. The summed E-state index contributed by atoms with van der Waals surface area (Å²) in [5.41, 5.74) is 5.62. The number of carbonyl (C=O) groups excluding carboxylic acids is 1. The second-order valence-electron chi connectivity index (χ2n) is 3.44. The third-order valence-electron chi connectivity index (χ3n) is 2.59. The SMILES string of the molecule is CCC(/C=C(\C)C(N)=O)[Si](OC)(OC)OC. The highest BCUT2D eigenvalue weighted by Crippen LogP contribution is 2.29. The Kier molecular flexibility index (Phi) is 6.50. The van der Waals surface area contributed by atoms with Gasteiger partial charge in [0.1, 0.15) is 0 Å². The summed E-state index contributed by atoms with van der Waals surface area (Å²) in [4.78, 5) is 11.0. The van der Waals surface area contributed by atoms with Crippen LogP contribution in [0.2, 0.25) is 5.54 Å². The van der Waals surface area contributed by atoms with Crippen LogP contribution < -0.4 is 5.73 Å². The molecule has 0 aliphatic carbocycles. The Balaban J connectivity index is 5.10. The van der Waals surface area contributed by atoms with Gasteiger partial charge < -0.3 is 19.0 Å². The van der Waals surface area contributed by atoms with Crippen molar-refractivity contribution in [2.45, 2.75) is 25.8 Å². The molecule has 0 aliphatic heterocycles. The van der Waals surface area contributed by atoms with Crippen molar-refractivity contribution in [3.05, 3.63) is 11.6 Å². The van der Waals surface area contributed by atoms with E-state index in [-0.39, 0.29) is 5.54 Å². The van der Waals surface area contributed by atoms with Crippen molar-refractivity contribution in [2.24, 2.45) is 5.73 Å². The molecule has 6 heteroatoms. The molecule has 5 nitrogen and oxygen atoms in total. The van der Waals surface area contributed by atoms with Gasteiger partial charge in [-0.05, 0) is 13.3 Å². The summed E-state index contributed by atoms with van der Waals surface area (Å²) in [5, 5.41) is 0.